The predicted molar refractivity (Wildman–Crippen MR) is 55.5 cm³/mol. The van der Waals surface area contributed by atoms with E-state index in [4.69, 9.17) is 5.73 Å². The molecule has 0 atom stereocenters. The van der Waals surface area contributed by atoms with E-state index in [1.807, 2.05) is 18.7 Å². The van der Waals surface area contributed by atoms with E-state index in [2.05, 4.69) is 0 Å². The normalized spacial score (nSPS) is 16.1. The zero-order valence-corrected chi connectivity index (χ0v) is 8.88. The average molecular weight is 186 g/mol. The summed E-state index contributed by atoms with van der Waals surface area (Å²) in [7, 11) is 0. The summed E-state index contributed by atoms with van der Waals surface area (Å²) in [6, 6.07) is 0. The number of carbonyl (C=O) groups is 1. The highest BCUT2D eigenvalue weighted by Gasteiger charge is 2.14. The molecule has 1 amide bonds. The second kappa shape index (κ2) is 8.05. The van der Waals surface area contributed by atoms with Crippen LogP contribution in [0, 0.1) is 0 Å². The summed E-state index contributed by atoms with van der Waals surface area (Å²) in [6.45, 7) is 6.37. The van der Waals surface area contributed by atoms with Gasteiger partial charge >= 0.3 is 0 Å². The first-order valence-electron chi connectivity index (χ1n) is 5.32. The molecule has 3 nitrogen and oxygen atoms in total. The molecule has 2 N–H and O–H groups in total. The van der Waals surface area contributed by atoms with Gasteiger partial charge in [-0.2, -0.15) is 0 Å². The maximum absolute atomic E-state index is 11.2. The number of nitrogens with two attached hydrogens (primary N) is 1. The molecule has 0 aromatic carbocycles. The van der Waals surface area contributed by atoms with Crippen molar-refractivity contribution in [2.75, 3.05) is 19.6 Å². The van der Waals surface area contributed by atoms with Crippen molar-refractivity contribution in [3.05, 3.63) is 0 Å². The lowest BCUT2D eigenvalue weighted by Crippen LogP contribution is -2.36. The van der Waals surface area contributed by atoms with E-state index in [9.17, 15) is 4.79 Å². The highest BCUT2D eigenvalue weighted by Crippen LogP contribution is 2.09. The molecule has 1 aliphatic rings. The Morgan fingerprint density at radius 3 is 2.23 bits per heavy atom. The van der Waals surface area contributed by atoms with E-state index < -0.39 is 0 Å². The third-order valence-electron chi connectivity index (χ3n) is 2.07. The van der Waals surface area contributed by atoms with Gasteiger partial charge in [-0.05, 0) is 19.3 Å². The summed E-state index contributed by atoms with van der Waals surface area (Å²) in [4.78, 5) is 13.2. The van der Waals surface area contributed by atoms with E-state index in [1.54, 1.807) is 0 Å². The summed E-state index contributed by atoms with van der Waals surface area (Å²) in [5, 5.41) is 0. The van der Waals surface area contributed by atoms with Crippen molar-refractivity contribution >= 4 is 5.91 Å². The summed E-state index contributed by atoms with van der Waals surface area (Å²) >= 11 is 0. The Labute approximate surface area is 81.3 Å². The van der Waals surface area contributed by atoms with Crippen LogP contribution in [0.15, 0.2) is 0 Å². The average Bonchev–Trinajstić information content (AvgIpc) is 2.23. The van der Waals surface area contributed by atoms with E-state index in [0.717, 1.165) is 25.9 Å². The number of amides is 1. The lowest BCUT2D eigenvalue weighted by atomic mass is 10.1. The van der Waals surface area contributed by atoms with Gasteiger partial charge in [0.25, 0.3) is 0 Å². The Balaban J connectivity index is 0.000000671. The Kier molecular flexibility index (Phi) is 7.69. The summed E-state index contributed by atoms with van der Waals surface area (Å²) in [5.41, 5.74) is 5.29. The largest absolute Gasteiger partial charge is 0.343 e. The van der Waals surface area contributed by atoms with Crippen LogP contribution in [0.4, 0.5) is 0 Å². The molecule has 13 heavy (non-hydrogen) atoms. The molecule has 0 aliphatic carbocycles. The van der Waals surface area contributed by atoms with Crippen molar-refractivity contribution in [2.45, 2.75) is 39.5 Å². The maximum atomic E-state index is 11.2. The van der Waals surface area contributed by atoms with E-state index in [1.165, 1.54) is 6.42 Å². The van der Waals surface area contributed by atoms with Gasteiger partial charge in [-0.3, -0.25) is 4.79 Å². The van der Waals surface area contributed by atoms with Gasteiger partial charge in [-0.15, -0.1) is 0 Å². The lowest BCUT2D eigenvalue weighted by molar-refractivity contribution is -0.131. The SMILES string of the molecule is CC.NCCC(=O)N1CCCCC1. The van der Waals surface area contributed by atoms with Crippen molar-refractivity contribution < 1.29 is 4.79 Å². The molecular formula is C10H22N2O. The van der Waals surface area contributed by atoms with Crippen molar-refractivity contribution in [3.8, 4) is 0 Å². The topological polar surface area (TPSA) is 46.3 Å². The minimum absolute atomic E-state index is 0.229. The number of likely N-dealkylation sites (tertiary alicyclic amines) is 1. The highest BCUT2D eigenvalue weighted by molar-refractivity contribution is 5.76. The molecule has 0 unspecified atom stereocenters. The molecule has 1 saturated heterocycles. The Morgan fingerprint density at radius 1 is 1.23 bits per heavy atom. The fraction of sp³-hybridized carbons (Fsp3) is 0.900. The third kappa shape index (κ3) is 4.88. The molecule has 0 saturated carbocycles. The Morgan fingerprint density at radius 2 is 1.77 bits per heavy atom. The quantitative estimate of drug-likeness (QED) is 0.708. The zero-order valence-electron chi connectivity index (χ0n) is 8.88. The molecule has 3 heteroatoms. The number of piperidine rings is 1. The second-order valence-electron chi connectivity index (χ2n) is 2.98. The molecule has 0 bridgehead atoms. The summed E-state index contributed by atoms with van der Waals surface area (Å²) in [5.74, 6) is 0.229. The van der Waals surface area contributed by atoms with Crippen LogP contribution in [0.3, 0.4) is 0 Å². The summed E-state index contributed by atoms with van der Waals surface area (Å²) < 4.78 is 0. The molecule has 1 heterocycles. The van der Waals surface area contributed by atoms with Crippen LogP contribution in [0.25, 0.3) is 0 Å². The van der Waals surface area contributed by atoms with Gasteiger partial charge in [0.05, 0.1) is 0 Å². The second-order valence-corrected chi connectivity index (χ2v) is 2.98. The van der Waals surface area contributed by atoms with Gasteiger partial charge < -0.3 is 10.6 Å². The van der Waals surface area contributed by atoms with E-state index >= 15 is 0 Å². The number of carbonyl (C=O) groups excluding carboxylic acids is 1. The highest BCUT2D eigenvalue weighted by atomic mass is 16.2. The number of hydrogen-bond donors (Lipinski definition) is 1. The van der Waals surface area contributed by atoms with Crippen LogP contribution < -0.4 is 5.73 Å². The fourth-order valence-corrected chi connectivity index (χ4v) is 1.42. The van der Waals surface area contributed by atoms with Crippen LogP contribution in [-0.2, 0) is 4.79 Å². The smallest absolute Gasteiger partial charge is 0.223 e. The molecule has 0 radical (unpaired) electrons. The van der Waals surface area contributed by atoms with Crippen molar-refractivity contribution in [1.29, 1.82) is 0 Å². The molecule has 1 rings (SSSR count). The van der Waals surface area contributed by atoms with Crippen LogP contribution in [0.2, 0.25) is 0 Å². The van der Waals surface area contributed by atoms with Crippen LogP contribution >= 0.6 is 0 Å². The number of rotatable bonds is 2. The minimum Gasteiger partial charge on any atom is -0.343 e. The third-order valence-corrected chi connectivity index (χ3v) is 2.07. The van der Waals surface area contributed by atoms with Gasteiger partial charge in [-0.1, -0.05) is 13.8 Å². The first kappa shape index (κ1) is 12.4. The predicted octanol–water partition coefficient (Wildman–Crippen LogP) is 1.37. The van der Waals surface area contributed by atoms with Gasteiger partial charge in [0, 0.05) is 26.1 Å². The molecule has 1 aliphatic heterocycles. The standard InChI is InChI=1S/C8H16N2O.C2H6/c9-5-4-8(11)10-6-2-1-3-7-10;1-2/h1-7,9H2;1-2H3. The van der Waals surface area contributed by atoms with Gasteiger partial charge in [-0.25, -0.2) is 0 Å². The first-order chi connectivity index (χ1) is 6.34. The Hall–Kier alpha value is -0.570. The fourth-order valence-electron chi connectivity index (χ4n) is 1.42. The summed E-state index contributed by atoms with van der Waals surface area (Å²) in [6.07, 6.45) is 4.11. The number of hydrogen-bond acceptors (Lipinski definition) is 2. The Bertz CT molecular complexity index is 131. The monoisotopic (exact) mass is 186 g/mol. The van der Waals surface area contributed by atoms with Gasteiger partial charge in [0.1, 0.15) is 0 Å². The molecule has 0 aromatic rings. The van der Waals surface area contributed by atoms with Crippen molar-refractivity contribution in [1.82, 2.24) is 4.90 Å². The van der Waals surface area contributed by atoms with Crippen LogP contribution in [-0.4, -0.2) is 30.4 Å². The number of nitrogens with zero attached hydrogens (tertiary/aromatic N) is 1. The minimum atomic E-state index is 0.229. The molecular weight excluding hydrogens is 164 g/mol. The maximum Gasteiger partial charge on any atom is 0.223 e. The zero-order chi connectivity index (χ0) is 10.1. The van der Waals surface area contributed by atoms with Gasteiger partial charge in [0.15, 0.2) is 0 Å². The van der Waals surface area contributed by atoms with E-state index in [-0.39, 0.29) is 5.91 Å². The molecule has 78 valence electrons. The van der Waals surface area contributed by atoms with Crippen LogP contribution in [0.5, 0.6) is 0 Å². The van der Waals surface area contributed by atoms with Crippen LogP contribution in [0.1, 0.15) is 39.5 Å². The van der Waals surface area contributed by atoms with Crippen molar-refractivity contribution in [2.24, 2.45) is 5.73 Å². The van der Waals surface area contributed by atoms with Crippen molar-refractivity contribution in [3.63, 3.8) is 0 Å². The first-order valence-corrected chi connectivity index (χ1v) is 5.32. The van der Waals surface area contributed by atoms with Gasteiger partial charge in [0.2, 0.25) is 5.91 Å². The molecule has 0 aromatic heterocycles. The lowest BCUT2D eigenvalue weighted by Gasteiger charge is -2.26. The molecule has 1 fully saturated rings. The van der Waals surface area contributed by atoms with E-state index in [0.29, 0.717) is 13.0 Å². The molecule has 0 spiro atoms.